The normalized spacial score (nSPS) is 17.5. The summed E-state index contributed by atoms with van der Waals surface area (Å²) in [4.78, 5) is 2.70. The molecule has 3 heteroatoms. The second-order valence-electron chi connectivity index (χ2n) is 5.56. The number of rotatable bonds is 6. The van der Waals surface area contributed by atoms with Gasteiger partial charge in [0.2, 0.25) is 0 Å². The van der Waals surface area contributed by atoms with E-state index in [0.29, 0.717) is 5.92 Å². The van der Waals surface area contributed by atoms with E-state index < -0.39 is 0 Å². The third-order valence-electron chi connectivity index (χ3n) is 4.44. The Morgan fingerprint density at radius 3 is 2.28 bits per heavy atom. The molecule has 2 nitrogen and oxygen atoms in total. The van der Waals surface area contributed by atoms with Gasteiger partial charge in [-0.2, -0.15) is 0 Å². The van der Waals surface area contributed by atoms with Crippen molar-refractivity contribution in [3.63, 3.8) is 0 Å². The first-order valence-corrected chi connectivity index (χ1v) is 7.85. The zero-order valence-corrected chi connectivity index (χ0v) is 12.0. The van der Waals surface area contributed by atoms with Crippen LogP contribution in [0.3, 0.4) is 0 Å². The van der Waals surface area contributed by atoms with Crippen LogP contribution in [0.15, 0.2) is 12.1 Å². The Morgan fingerprint density at radius 1 is 1.17 bits per heavy atom. The summed E-state index contributed by atoms with van der Waals surface area (Å²) in [6.07, 6.45) is 6.71. The molecule has 2 N–H and O–H groups in total. The van der Waals surface area contributed by atoms with Crippen LogP contribution in [-0.4, -0.2) is 23.4 Å². The molecule has 0 atom stereocenters. The maximum Gasteiger partial charge on any atom is 0.0515 e. The van der Waals surface area contributed by atoms with Crippen LogP contribution in [0.5, 0.6) is 0 Å². The molecule has 0 radical (unpaired) electrons. The lowest BCUT2D eigenvalue weighted by Gasteiger charge is -2.35. The van der Waals surface area contributed by atoms with Crippen LogP contribution in [0.2, 0.25) is 0 Å². The molecule has 0 unspecified atom stereocenters. The van der Waals surface area contributed by atoms with Crippen molar-refractivity contribution in [2.75, 3.05) is 13.2 Å². The van der Waals surface area contributed by atoms with Gasteiger partial charge in [-0.1, -0.05) is 19.8 Å². The van der Waals surface area contributed by atoms with E-state index in [1.807, 2.05) is 11.3 Å². The maximum atomic E-state index is 9.81. The van der Waals surface area contributed by atoms with Gasteiger partial charge in [-0.3, -0.25) is 0 Å². The highest BCUT2D eigenvalue weighted by atomic mass is 32.1. The van der Waals surface area contributed by atoms with Crippen LogP contribution in [0.25, 0.3) is 0 Å². The lowest BCUT2D eigenvalue weighted by atomic mass is 9.72. The van der Waals surface area contributed by atoms with E-state index in [-0.39, 0.29) is 18.6 Å². The first kappa shape index (κ1) is 14.0. The van der Waals surface area contributed by atoms with E-state index in [1.54, 1.807) is 0 Å². The van der Waals surface area contributed by atoms with Crippen molar-refractivity contribution in [3.05, 3.63) is 21.9 Å². The van der Waals surface area contributed by atoms with Crippen molar-refractivity contribution in [2.45, 2.75) is 45.4 Å². The molecule has 0 aliphatic heterocycles. The van der Waals surface area contributed by atoms with Gasteiger partial charge in [0.1, 0.15) is 0 Å². The van der Waals surface area contributed by atoms with Crippen molar-refractivity contribution < 1.29 is 10.2 Å². The van der Waals surface area contributed by atoms with Gasteiger partial charge in [0.25, 0.3) is 0 Å². The fourth-order valence-corrected chi connectivity index (χ4v) is 4.27. The van der Waals surface area contributed by atoms with Crippen LogP contribution in [0.1, 0.15) is 42.4 Å². The Labute approximate surface area is 114 Å². The molecular formula is C15H24O2S. The Bertz CT molecular complexity index is 362. The van der Waals surface area contributed by atoms with E-state index in [0.717, 1.165) is 25.7 Å². The monoisotopic (exact) mass is 268 g/mol. The van der Waals surface area contributed by atoms with E-state index in [9.17, 15) is 10.2 Å². The molecule has 1 aliphatic rings. The third kappa shape index (κ3) is 2.79. The molecule has 0 spiro atoms. The number of thiophene rings is 1. The van der Waals surface area contributed by atoms with E-state index in [1.165, 1.54) is 22.6 Å². The quantitative estimate of drug-likeness (QED) is 0.832. The summed E-state index contributed by atoms with van der Waals surface area (Å²) in [5.74, 6) is 0.486. The van der Waals surface area contributed by atoms with E-state index in [2.05, 4.69) is 19.1 Å². The Morgan fingerprint density at radius 2 is 1.78 bits per heavy atom. The molecule has 1 aromatic heterocycles. The van der Waals surface area contributed by atoms with Gasteiger partial charge in [0.15, 0.2) is 0 Å². The average Bonchev–Trinajstić information content (AvgIpc) is 3.07. The van der Waals surface area contributed by atoms with Crippen LogP contribution in [-0.2, 0) is 12.8 Å². The van der Waals surface area contributed by atoms with Gasteiger partial charge in [-0.25, -0.2) is 0 Å². The number of hydrogen-bond acceptors (Lipinski definition) is 3. The Balaban J connectivity index is 2.13. The topological polar surface area (TPSA) is 40.5 Å². The van der Waals surface area contributed by atoms with Gasteiger partial charge in [0.05, 0.1) is 13.2 Å². The number of aliphatic hydroxyl groups excluding tert-OH is 2. The minimum atomic E-state index is -0.299. The standard InChI is InChI=1S/C15H24O2S/c1-2-13-7-8-14(18-13)9-15(10-16,11-17)12-5-3-4-6-12/h7-8,12,16-17H,2-6,9-11H2,1H3. The lowest BCUT2D eigenvalue weighted by molar-refractivity contribution is 0.00633. The van der Waals surface area contributed by atoms with Crippen molar-refractivity contribution in [3.8, 4) is 0 Å². The molecule has 1 aromatic rings. The van der Waals surface area contributed by atoms with E-state index in [4.69, 9.17) is 0 Å². The fraction of sp³-hybridized carbons (Fsp3) is 0.733. The maximum absolute atomic E-state index is 9.81. The fourth-order valence-electron chi connectivity index (χ4n) is 3.16. The molecular weight excluding hydrogens is 244 g/mol. The van der Waals surface area contributed by atoms with Gasteiger partial charge >= 0.3 is 0 Å². The van der Waals surface area contributed by atoms with Gasteiger partial charge in [-0.15, -0.1) is 11.3 Å². The summed E-state index contributed by atoms with van der Waals surface area (Å²) in [6, 6.07) is 4.34. The summed E-state index contributed by atoms with van der Waals surface area (Å²) >= 11 is 1.83. The van der Waals surface area contributed by atoms with Crippen molar-refractivity contribution in [1.82, 2.24) is 0 Å². The first-order chi connectivity index (χ1) is 8.74. The molecule has 102 valence electrons. The Hall–Kier alpha value is -0.380. The second-order valence-corrected chi connectivity index (χ2v) is 6.81. The van der Waals surface area contributed by atoms with Gasteiger partial charge in [0, 0.05) is 15.2 Å². The van der Waals surface area contributed by atoms with E-state index >= 15 is 0 Å². The molecule has 1 heterocycles. The Kier molecular flexibility index (Phi) is 4.82. The predicted molar refractivity (Wildman–Crippen MR) is 76.0 cm³/mol. The zero-order valence-electron chi connectivity index (χ0n) is 11.2. The molecule has 1 saturated carbocycles. The highest BCUT2D eigenvalue weighted by Crippen LogP contribution is 2.42. The first-order valence-electron chi connectivity index (χ1n) is 7.03. The number of aryl methyl sites for hydroxylation is 1. The smallest absolute Gasteiger partial charge is 0.0515 e. The van der Waals surface area contributed by atoms with Gasteiger partial charge < -0.3 is 10.2 Å². The molecule has 1 fully saturated rings. The molecule has 0 saturated heterocycles. The van der Waals surface area contributed by atoms with Crippen molar-refractivity contribution >= 4 is 11.3 Å². The summed E-state index contributed by atoms with van der Waals surface area (Å²) in [6.45, 7) is 2.37. The van der Waals surface area contributed by atoms with Crippen molar-refractivity contribution in [2.24, 2.45) is 11.3 Å². The zero-order chi connectivity index (χ0) is 13.0. The minimum absolute atomic E-state index is 0.105. The number of aliphatic hydroxyl groups is 2. The summed E-state index contributed by atoms with van der Waals surface area (Å²) < 4.78 is 0. The van der Waals surface area contributed by atoms with Crippen molar-refractivity contribution in [1.29, 1.82) is 0 Å². The van der Waals surface area contributed by atoms with Crippen LogP contribution in [0, 0.1) is 11.3 Å². The van der Waals surface area contributed by atoms with Crippen LogP contribution >= 0.6 is 11.3 Å². The van der Waals surface area contributed by atoms with Gasteiger partial charge in [-0.05, 0) is 43.7 Å². The largest absolute Gasteiger partial charge is 0.396 e. The summed E-state index contributed by atoms with van der Waals surface area (Å²) in [7, 11) is 0. The molecule has 18 heavy (non-hydrogen) atoms. The van der Waals surface area contributed by atoms with Crippen LogP contribution < -0.4 is 0 Å². The summed E-state index contributed by atoms with van der Waals surface area (Å²) in [5.41, 5.74) is -0.299. The number of hydrogen-bond donors (Lipinski definition) is 2. The molecule has 0 bridgehead atoms. The molecule has 0 amide bonds. The molecule has 0 aromatic carbocycles. The highest BCUT2D eigenvalue weighted by molar-refractivity contribution is 7.11. The summed E-state index contributed by atoms with van der Waals surface area (Å²) in [5, 5.41) is 19.6. The molecule has 2 rings (SSSR count). The SMILES string of the molecule is CCc1ccc(CC(CO)(CO)C2CCCC2)s1. The lowest BCUT2D eigenvalue weighted by Crippen LogP contribution is -2.38. The third-order valence-corrected chi connectivity index (χ3v) is 5.67. The molecule has 1 aliphatic carbocycles. The highest BCUT2D eigenvalue weighted by Gasteiger charge is 2.39. The minimum Gasteiger partial charge on any atom is -0.396 e. The van der Waals surface area contributed by atoms with Crippen LogP contribution in [0.4, 0.5) is 0 Å². The second kappa shape index (κ2) is 6.18. The predicted octanol–water partition coefficient (Wildman–Crippen LogP) is 3.01. The average molecular weight is 268 g/mol.